The third-order valence-corrected chi connectivity index (χ3v) is 5.12. The van der Waals surface area contributed by atoms with Crippen molar-refractivity contribution in [3.05, 3.63) is 22.4 Å². The lowest BCUT2D eigenvalue weighted by molar-refractivity contribution is -0.130. The summed E-state index contributed by atoms with van der Waals surface area (Å²) in [5, 5.41) is 7.61. The molecule has 1 atom stereocenters. The van der Waals surface area contributed by atoms with Crippen LogP contribution in [0.15, 0.2) is 16.8 Å². The molecule has 3 heterocycles. The van der Waals surface area contributed by atoms with Crippen LogP contribution in [0, 0.1) is 0 Å². The molecule has 0 aliphatic carbocycles. The molecule has 118 valence electrons. The normalized spacial score (nSPS) is 23.0. The maximum absolute atomic E-state index is 12.3. The highest BCUT2D eigenvalue weighted by Gasteiger charge is 2.30. The smallest absolute Gasteiger partial charge is 0.222 e. The van der Waals surface area contributed by atoms with Gasteiger partial charge >= 0.3 is 0 Å². The summed E-state index contributed by atoms with van der Waals surface area (Å²) in [5.41, 5.74) is 1.29. The van der Waals surface area contributed by atoms with Gasteiger partial charge in [-0.25, -0.2) is 0 Å². The standard InChI is InChI=1S/C15H23N3OS.ClH/c19-15(2-1-13-4-10-20-12-13)18-7-3-14(11-18)17-8-5-16-6-9-17;/h4,10,12,14,16H,1-3,5-9,11H2;1H. The van der Waals surface area contributed by atoms with Gasteiger partial charge in [-0.15, -0.1) is 12.4 Å². The summed E-state index contributed by atoms with van der Waals surface area (Å²) >= 11 is 1.71. The molecule has 2 saturated heterocycles. The van der Waals surface area contributed by atoms with Gasteiger partial charge in [-0.2, -0.15) is 11.3 Å². The summed E-state index contributed by atoms with van der Waals surface area (Å²) in [7, 11) is 0. The minimum absolute atomic E-state index is 0. The largest absolute Gasteiger partial charge is 0.341 e. The average Bonchev–Trinajstić information content (AvgIpc) is 3.17. The zero-order chi connectivity index (χ0) is 13.8. The molecule has 4 nitrogen and oxygen atoms in total. The molecule has 0 saturated carbocycles. The van der Waals surface area contributed by atoms with E-state index in [9.17, 15) is 4.79 Å². The molecule has 3 rings (SSSR count). The van der Waals surface area contributed by atoms with E-state index in [1.165, 1.54) is 5.56 Å². The maximum atomic E-state index is 12.3. The van der Waals surface area contributed by atoms with Gasteiger partial charge in [0.15, 0.2) is 0 Å². The molecule has 1 N–H and O–H groups in total. The van der Waals surface area contributed by atoms with Gasteiger partial charge in [0.25, 0.3) is 0 Å². The Kier molecular flexibility index (Phi) is 6.48. The molecule has 0 aromatic carbocycles. The molecule has 2 aliphatic rings. The zero-order valence-corrected chi connectivity index (χ0v) is 13.9. The van der Waals surface area contributed by atoms with Gasteiger partial charge < -0.3 is 10.2 Å². The summed E-state index contributed by atoms with van der Waals surface area (Å²) in [5.74, 6) is 0.328. The fourth-order valence-corrected chi connectivity index (χ4v) is 3.86. The van der Waals surface area contributed by atoms with Gasteiger partial charge in [-0.05, 0) is 35.2 Å². The number of aryl methyl sites for hydroxylation is 1. The van der Waals surface area contributed by atoms with Crippen molar-refractivity contribution < 1.29 is 4.79 Å². The second kappa shape index (κ2) is 8.13. The molecule has 2 aliphatic heterocycles. The minimum atomic E-state index is 0. The fourth-order valence-electron chi connectivity index (χ4n) is 3.16. The monoisotopic (exact) mass is 329 g/mol. The molecular formula is C15H24ClN3OS. The van der Waals surface area contributed by atoms with Crippen LogP contribution in [0.1, 0.15) is 18.4 Å². The van der Waals surface area contributed by atoms with E-state index >= 15 is 0 Å². The molecule has 0 spiro atoms. The Balaban J connectivity index is 0.00000161. The number of hydrogen-bond donors (Lipinski definition) is 1. The highest BCUT2D eigenvalue weighted by molar-refractivity contribution is 7.07. The maximum Gasteiger partial charge on any atom is 0.222 e. The number of nitrogens with zero attached hydrogens (tertiary/aromatic N) is 2. The molecule has 1 amide bonds. The first kappa shape index (κ1) is 16.7. The molecule has 21 heavy (non-hydrogen) atoms. The van der Waals surface area contributed by atoms with Crippen LogP contribution in [0.4, 0.5) is 0 Å². The van der Waals surface area contributed by atoms with Crippen LogP contribution in [-0.2, 0) is 11.2 Å². The number of piperazine rings is 1. The average molecular weight is 330 g/mol. The summed E-state index contributed by atoms with van der Waals surface area (Å²) in [6.07, 6.45) is 2.69. The number of likely N-dealkylation sites (tertiary alicyclic amines) is 1. The lowest BCUT2D eigenvalue weighted by Crippen LogP contribution is -2.49. The van der Waals surface area contributed by atoms with Gasteiger partial charge in [0.1, 0.15) is 0 Å². The predicted molar refractivity (Wildman–Crippen MR) is 89.3 cm³/mol. The van der Waals surface area contributed by atoms with Crippen molar-refractivity contribution in [1.29, 1.82) is 0 Å². The van der Waals surface area contributed by atoms with E-state index in [1.54, 1.807) is 11.3 Å². The topological polar surface area (TPSA) is 35.6 Å². The van der Waals surface area contributed by atoms with E-state index in [0.717, 1.165) is 52.1 Å². The molecule has 2 fully saturated rings. The van der Waals surface area contributed by atoms with Gasteiger partial charge in [0.2, 0.25) is 5.91 Å². The van der Waals surface area contributed by atoms with Crippen molar-refractivity contribution in [2.75, 3.05) is 39.3 Å². The number of nitrogens with one attached hydrogen (secondary N) is 1. The van der Waals surface area contributed by atoms with Crippen molar-refractivity contribution in [1.82, 2.24) is 15.1 Å². The van der Waals surface area contributed by atoms with Gasteiger partial charge in [-0.3, -0.25) is 9.69 Å². The third-order valence-electron chi connectivity index (χ3n) is 4.39. The lowest BCUT2D eigenvalue weighted by atomic mass is 10.2. The Morgan fingerprint density at radius 3 is 2.86 bits per heavy atom. The second-order valence-corrected chi connectivity index (χ2v) is 6.48. The van der Waals surface area contributed by atoms with Gasteiger partial charge in [0.05, 0.1) is 0 Å². The number of halogens is 1. The summed E-state index contributed by atoms with van der Waals surface area (Å²) in [6, 6.07) is 2.70. The number of amides is 1. The molecule has 6 heteroatoms. The van der Waals surface area contributed by atoms with Gasteiger partial charge in [0, 0.05) is 51.7 Å². The highest BCUT2D eigenvalue weighted by atomic mass is 35.5. The Labute approximate surface area is 136 Å². The van der Waals surface area contributed by atoms with E-state index in [-0.39, 0.29) is 12.4 Å². The fraction of sp³-hybridized carbons (Fsp3) is 0.667. The zero-order valence-electron chi connectivity index (χ0n) is 12.3. The molecular weight excluding hydrogens is 306 g/mol. The van der Waals surface area contributed by atoms with Crippen LogP contribution in [0.25, 0.3) is 0 Å². The van der Waals surface area contributed by atoms with Crippen molar-refractivity contribution in [3.63, 3.8) is 0 Å². The summed E-state index contributed by atoms with van der Waals surface area (Å²) < 4.78 is 0. The van der Waals surface area contributed by atoms with E-state index < -0.39 is 0 Å². The van der Waals surface area contributed by atoms with Crippen molar-refractivity contribution in [2.24, 2.45) is 0 Å². The van der Waals surface area contributed by atoms with E-state index in [1.807, 2.05) is 0 Å². The number of thiophene rings is 1. The summed E-state index contributed by atoms with van der Waals surface area (Å²) in [4.78, 5) is 16.9. The van der Waals surface area contributed by atoms with E-state index in [2.05, 4.69) is 31.9 Å². The Bertz CT molecular complexity index is 434. The molecule has 1 unspecified atom stereocenters. The predicted octanol–water partition coefficient (Wildman–Crippen LogP) is 1.61. The van der Waals surface area contributed by atoms with Crippen LogP contribution >= 0.6 is 23.7 Å². The molecule has 0 radical (unpaired) electrons. The van der Waals surface area contributed by atoms with Crippen LogP contribution in [0.2, 0.25) is 0 Å². The third kappa shape index (κ3) is 4.42. The van der Waals surface area contributed by atoms with Crippen LogP contribution in [0.3, 0.4) is 0 Å². The quantitative estimate of drug-likeness (QED) is 0.911. The molecule has 1 aromatic rings. The second-order valence-electron chi connectivity index (χ2n) is 5.70. The minimum Gasteiger partial charge on any atom is -0.341 e. The first-order valence-electron chi connectivity index (χ1n) is 7.56. The Morgan fingerprint density at radius 2 is 2.14 bits per heavy atom. The number of carbonyl (C=O) groups is 1. The SMILES string of the molecule is Cl.O=C(CCc1ccsc1)N1CCC(N2CCNCC2)C1. The number of carbonyl (C=O) groups excluding carboxylic acids is 1. The van der Waals surface area contributed by atoms with Crippen LogP contribution < -0.4 is 5.32 Å². The first-order chi connectivity index (χ1) is 9.83. The number of rotatable bonds is 4. The molecule has 0 bridgehead atoms. The lowest BCUT2D eigenvalue weighted by Gasteiger charge is -2.32. The van der Waals surface area contributed by atoms with Crippen molar-refractivity contribution in [2.45, 2.75) is 25.3 Å². The molecule has 1 aromatic heterocycles. The first-order valence-corrected chi connectivity index (χ1v) is 8.51. The van der Waals surface area contributed by atoms with Crippen LogP contribution in [-0.4, -0.2) is 61.0 Å². The Hall–Kier alpha value is -0.620. The van der Waals surface area contributed by atoms with Crippen molar-refractivity contribution >= 4 is 29.7 Å². The highest BCUT2D eigenvalue weighted by Crippen LogP contribution is 2.18. The van der Waals surface area contributed by atoms with Crippen LogP contribution in [0.5, 0.6) is 0 Å². The van der Waals surface area contributed by atoms with Crippen molar-refractivity contribution in [3.8, 4) is 0 Å². The van der Waals surface area contributed by atoms with Gasteiger partial charge in [-0.1, -0.05) is 0 Å². The number of hydrogen-bond acceptors (Lipinski definition) is 4. The van der Waals surface area contributed by atoms with E-state index in [0.29, 0.717) is 18.4 Å². The Morgan fingerprint density at radius 1 is 1.33 bits per heavy atom. The van der Waals surface area contributed by atoms with E-state index in [4.69, 9.17) is 0 Å². The summed E-state index contributed by atoms with van der Waals surface area (Å²) in [6.45, 7) is 6.30.